The van der Waals surface area contributed by atoms with Crippen LogP contribution in [0.5, 0.6) is 0 Å². The largest absolute Gasteiger partial charge is 0.450 e. The molecule has 1 N–H and O–H groups in total. The van der Waals surface area contributed by atoms with E-state index in [0.29, 0.717) is 12.8 Å². The van der Waals surface area contributed by atoms with Gasteiger partial charge in [-0.15, -0.1) is 0 Å². The van der Waals surface area contributed by atoms with Gasteiger partial charge in [0.25, 0.3) is 0 Å². The number of carbonyl (C=O) groups excluding carboxylic acids is 1. The molecule has 0 aromatic heterocycles. The molecule has 0 heterocycles. The number of rotatable bonds is 1. The Bertz CT molecular complexity index is 215. The summed E-state index contributed by atoms with van der Waals surface area (Å²) in [6.45, 7) is 0. The zero-order valence-electron chi connectivity index (χ0n) is 8.31. The van der Waals surface area contributed by atoms with Gasteiger partial charge < -0.3 is 9.84 Å². The Kier molecular flexibility index (Phi) is 5.04. The second kappa shape index (κ2) is 6.09. The number of carbonyl (C=O) groups is 1. The number of thioether (sulfide) groups is 1. The van der Waals surface area contributed by atoms with Crippen LogP contribution in [0.1, 0.15) is 25.7 Å². The van der Waals surface area contributed by atoms with Gasteiger partial charge in [-0.1, -0.05) is 6.08 Å². The summed E-state index contributed by atoms with van der Waals surface area (Å²) in [7, 11) is 0. The second-order valence-corrected chi connectivity index (χ2v) is 4.09. The van der Waals surface area contributed by atoms with E-state index in [9.17, 15) is 9.90 Å². The molecule has 0 aliphatic heterocycles. The molecule has 0 spiro atoms. The smallest absolute Gasteiger partial charge is 0.367 e. The number of ether oxygens (including phenoxy) is 1. The summed E-state index contributed by atoms with van der Waals surface area (Å²) in [4.78, 5) is 11.0. The molecule has 1 rings (SSSR count). The predicted octanol–water partition coefficient (Wildman–Crippen LogP) is 2.35. The monoisotopic (exact) mass is 216 g/mol. The van der Waals surface area contributed by atoms with Crippen molar-refractivity contribution >= 4 is 17.1 Å². The molecular weight excluding hydrogens is 200 g/mol. The summed E-state index contributed by atoms with van der Waals surface area (Å²) in [6, 6.07) is 0. The van der Waals surface area contributed by atoms with Crippen molar-refractivity contribution in [1.82, 2.24) is 0 Å². The standard InChI is InChI=1S/C10H16O3S/c1-14-10(12)13-9-5-3-2-4-8(11)6-7-9/h3,5,8-9,11H,2,4,6-7H2,1H3. The predicted molar refractivity (Wildman–Crippen MR) is 57.4 cm³/mol. The normalized spacial score (nSPS) is 27.9. The molecule has 0 amide bonds. The van der Waals surface area contributed by atoms with E-state index in [2.05, 4.69) is 0 Å². The van der Waals surface area contributed by atoms with Gasteiger partial charge in [0.2, 0.25) is 0 Å². The van der Waals surface area contributed by atoms with Crippen LogP contribution < -0.4 is 0 Å². The van der Waals surface area contributed by atoms with E-state index >= 15 is 0 Å². The number of aliphatic hydroxyl groups is 1. The minimum Gasteiger partial charge on any atom is -0.450 e. The van der Waals surface area contributed by atoms with Crippen LogP contribution in [0.15, 0.2) is 12.2 Å². The van der Waals surface area contributed by atoms with Crippen LogP contribution in [0, 0.1) is 0 Å². The lowest BCUT2D eigenvalue weighted by Gasteiger charge is -2.18. The molecule has 4 heteroatoms. The third-order valence-corrected chi connectivity index (χ3v) is 2.65. The van der Waals surface area contributed by atoms with Crippen molar-refractivity contribution in [2.75, 3.05) is 6.26 Å². The highest BCUT2D eigenvalue weighted by Crippen LogP contribution is 2.16. The Hall–Kier alpha value is -0.480. The van der Waals surface area contributed by atoms with Crippen molar-refractivity contribution in [2.24, 2.45) is 0 Å². The maximum atomic E-state index is 11.0. The molecule has 1 aliphatic carbocycles. The average molecular weight is 216 g/mol. The van der Waals surface area contributed by atoms with Gasteiger partial charge in [0, 0.05) is 0 Å². The van der Waals surface area contributed by atoms with Gasteiger partial charge >= 0.3 is 5.30 Å². The molecule has 1 aliphatic rings. The lowest BCUT2D eigenvalue weighted by atomic mass is 10.0. The molecule has 0 bridgehead atoms. The maximum Gasteiger partial charge on any atom is 0.367 e. The van der Waals surface area contributed by atoms with E-state index in [1.807, 2.05) is 12.2 Å². The number of hydrogen-bond acceptors (Lipinski definition) is 4. The van der Waals surface area contributed by atoms with E-state index in [1.54, 1.807) is 6.26 Å². The molecule has 3 nitrogen and oxygen atoms in total. The highest BCUT2D eigenvalue weighted by atomic mass is 32.2. The van der Waals surface area contributed by atoms with E-state index in [4.69, 9.17) is 4.74 Å². The van der Waals surface area contributed by atoms with Crippen LogP contribution in [-0.4, -0.2) is 28.9 Å². The van der Waals surface area contributed by atoms with Gasteiger partial charge in [-0.2, -0.15) is 0 Å². The third-order valence-electron chi connectivity index (χ3n) is 2.22. The van der Waals surface area contributed by atoms with Crippen molar-refractivity contribution in [1.29, 1.82) is 0 Å². The van der Waals surface area contributed by atoms with E-state index < -0.39 is 0 Å². The Balaban J connectivity index is 2.42. The molecule has 0 saturated carbocycles. The summed E-state index contributed by atoms with van der Waals surface area (Å²) < 4.78 is 5.15. The Morgan fingerprint density at radius 3 is 3.00 bits per heavy atom. The van der Waals surface area contributed by atoms with Crippen molar-refractivity contribution in [3.05, 3.63) is 12.2 Å². The first kappa shape index (κ1) is 11.6. The molecule has 80 valence electrons. The fourth-order valence-corrected chi connectivity index (χ4v) is 1.62. The summed E-state index contributed by atoms with van der Waals surface area (Å²) in [5, 5.41) is 9.19. The Labute approximate surface area is 88.5 Å². The second-order valence-electron chi connectivity index (χ2n) is 3.35. The SMILES string of the molecule is CSC(=O)OC1C=CCCC(O)CC1. The lowest BCUT2D eigenvalue weighted by molar-refractivity contribution is 0.108. The van der Waals surface area contributed by atoms with Crippen LogP contribution in [-0.2, 0) is 4.74 Å². The van der Waals surface area contributed by atoms with Crippen molar-refractivity contribution < 1.29 is 14.6 Å². The maximum absolute atomic E-state index is 11.0. The molecule has 14 heavy (non-hydrogen) atoms. The zero-order valence-corrected chi connectivity index (χ0v) is 9.13. The van der Waals surface area contributed by atoms with Gasteiger partial charge in [0.05, 0.1) is 6.10 Å². The number of allylic oxidation sites excluding steroid dienone is 1. The molecule has 2 unspecified atom stereocenters. The Morgan fingerprint density at radius 2 is 2.29 bits per heavy atom. The molecular formula is C10H16O3S. The fraction of sp³-hybridized carbons (Fsp3) is 0.700. The molecule has 0 fully saturated rings. The average Bonchev–Trinajstić information content (AvgIpc) is 2.16. The zero-order chi connectivity index (χ0) is 10.4. The first-order chi connectivity index (χ1) is 6.72. The van der Waals surface area contributed by atoms with Crippen LogP contribution in [0.2, 0.25) is 0 Å². The van der Waals surface area contributed by atoms with Crippen molar-refractivity contribution in [3.63, 3.8) is 0 Å². The van der Waals surface area contributed by atoms with Gasteiger partial charge in [0.1, 0.15) is 6.10 Å². The minimum absolute atomic E-state index is 0.162. The summed E-state index contributed by atoms with van der Waals surface area (Å²) in [5.74, 6) is 0. The fourth-order valence-electron chi connectivity index (χ4n) is 1.40. The van der Waals surface area contributed by atoms with Crippen molar-refractivity contribution in [3.8, 4) is 0 Å². The van der Waals surface area contributed by atoms with Crippen molar-refractivity contribution in [2.45, 2.75) is 37.9 Å². The van der Waals surface area contributed by atoms with Crippen LogP contribution in [0.4, 0.5) is 4.79 Å². The van der Waals surface area contributed by atoms with Gasteiger partial charge in [-0.3, -0.25) is 0 Å². The molecule has 2 atom stereocenters. The first-order valence-electron chi connectivity index (χ1n) is 4.81. The lowest BCUT2D eigenvalue weighted by Crippen LogP contribution is -2.18. The van der Waals surface area contributed by atoms with Gasteiger partial charge in [-0.05, 0) is 49.8 Å². The third kappa shape index (κ3) is 4.15. The molecule has 0 aromatic carbocycles. The quantitative estimate of drug-likeness (QED) is 0.540. The van der Waals surface area contributed by atoms with Crippen LogP contribution >= 0.6 is 11.8 Å². The molecule has 0 saturated heterocycles. The number of hydrogen-bond donors (Lipinski definition) is 1. The van der Waals surface area contributed by atoms with Crippen LogP contribution in [0.25, 0.3) is 0 Å². The highest BCUT2D eigenvalue weighted by molar-refractivity contribution is 8.12. The van der Waals surface area contributed by atoms with Gasteiger partial charge in [0.15, 0.2) is 0 Å². The Morgan fingerprint density at radius 1 is 1.50 bits per heavy atom. The van der Waals surface area contributed by atoms with Crippen LogP contribution in [0.3, 0.4) is 0 Å². The first-order valence-corrected chi connectivity index (χ1v) is 6.04. The van der Waals surface area contributed by atoms with E-state index in [-0.39, 0.29) is 17.5 Å². The minimum atomic E-state index is -0.255. The summed E-state index contributed by atoms with van der Waals surface area (Å²) in [6.07, 6.45) is 8.25. The highest BCUT2D eigenvalue weighted by Gasteiger charge is 2.15. The summed E-state index contributed by atoms with van der Waals surface area (Å²) in [5.41, 5.74) is 0. The number of aliphatic hydroxyl groups excluding tert-OH is 1. The molecule has 0 radical (unpaired) electrons. The van der Waals surface area contributed by atoms with E-state index in [0.717, 1.165) is 24.6 Å². The van der Waals surface area contributed by atoms with Gasteiger partial charge in [-0.25, -0.2) is 4.79 Å². The summed E-state index contributed by atoms with van der Waals surface area (Å²) >= 11 is 1.07. The molecule has 0 aromatic rings. The van der Waals surface area contributed by atoms with E-state index in [1.165, 1.54) is 0 Å². The topological polar surface area (TPSA) is 46.5 Å².